The zero-order valence-corrected chi connectivity index (χ0v) is 8.27. The van der Waals surface area contributed by atoms with Gasteiger partial charge in [0, 0.05) is 23.8 Å². The smallest absolute Gasteiger partial charge is 0.0951 e. The number of anilines is 2. The number of hydrogen-bond donors (Lipinski definition) is 3. The average Bonchev–Trinajstić information content (AvgIpc) is 2.27. The summed E-state index contributed by atoms with van der Waals surface area (Å²) in [6, 6.07) is 7.55. The summed E-state index contributed by atoms with van der Waals surface area (Å²) in [6.45, 7) is 0.625. The predicted octanol–water partition coefficient (Wildman–Crippen LogP) is 1.22. The van der Waals surface area contributed by atoms with E-state index in [4.69, 9.17) is 10.8 Å². The van der Waals surface area contributed by atoms with Crippen LogP contribution in [0.4, 0.5) is 11.4 Å². The summed E-state index contributed by atoms with van der Waals surface area (Å²) < 4.78 is 0. The molecule has 0 unspecified atom stereocenters. The van der Waals surface area contributed by atoms with Crippen LogP contribution in [0.3, 0.4) is 0 Å². The van der Waals surface area contributed by atoms with Gasteiger partial charge in [0.1, 0.15) is 0 Å². The van der Waals surface area contributed by atoms with Crippen LogP contribution in [0.15, 0.2) is 30.5 Å². The summed E-state index contributed by atoms with van der Waals surface area (Å²) in [7, 11) is 0. The van der Waals surface area contributed by atoms with Gasteiger partial charge >= 0.3 is 0 Å². The standard InChI is InChI=1S/C11H13N3O/c12-9-3-1-2-8-10(13-6-7-15)4-5-14-11(8)9/h1-5,15H,6-7,12H2,(H,13,14). The van der Waals surface area contributed by atoms with Crippen molar-refractivity contribution >= 4 is 22.3 Å². The van der Waals surface area contributed by atoms with E-state index in [0.717, 1.165) is 16.6 Å². The fourth-order valence-corrected chi connectivity index (χ4v) is 1.54. The first-order valence-corrected chi connectivity index (χ1v) is 4.81. The number of aliphatic hydroxyl groups is 1. The van der Waals surface area contributed by atoms with Crippen molar-refractivity contribution in [3.05, 3.63) is 30.5 Å². The number of hydrogen-bond acceptors (Lipinski definition) is 4. The Morgan fingerprint density at radius 2 is 2.20 bits per heavy atom. The quantitative estimate of drug-likeness (QED) is 0.656. The summed E-state index contributed by atoms with van der Waals surface area (Å²) >= 11 is 0. The third kappa shape index (κ3) is 1.85. The van der Waals surface area contributed by atoms with Gasteiger partial charge in [-0.25, -0.2) is 0 Å². The second-order valence-corrected chi connectivity index (χ2v) is 3.25. The monoisotopic (exact) mass is 203 g/mol. The van der Waals surface area contributed by atoms with Gasteiger partial charge in [0.25, 0.3) is 0 Å². The van der Waals surface area contributed by atoms with Gasteiger partial charge in [0.15, 0.2) is 0 Å². The molecule has 4 heteroatoms. The van der Waals surface area contributed by atoms with Gasteiger partial charge in [-0.15, -0.1) is 0 Å². The maximum absolute atomic E-state index is 8.75. The van der Waals surface area contributed by atoms with E-state index in [2.05, 4.69) is 10.3 Å². The number of para-hydroxylation sites is 1. The van der Waals surface area contributed by atoms with E-state index in [1.807, 2.05) is 24.3 Å². The second kappa shape index (κ2) is 4.14. The Bertz CT molecular complexity index is 470. The van der Waals surface area contributed by atoms with Crippen LogP contribution in [0.1, 0.15) is 0 Å². The number of nitrogens with two attached hydrogens (primary N) is 1. The molecule has 2 aromatic rings. The van der Waals surface area contributed by atoms with E-state index in [1.54, 1.807) is 6.20 Å². The molecule has 0 amide bonds. The summed E-state index contributed by atoms with van der Waals surface area (Å²) in [5.74, 6) is 0. The van der Waals surface area contributed by atoms with Crippen molar-refractivity contribution in [2.24, 2.45) is 0 Å². The first-order chi connectivity index (χ1) is 7.33. The summed E-state index contributed by atoms with van der Waals surface area (Å²) in [5, 5.41) is 12.8. The molecule has 15 heavy (non-hydrogen) atoms. The van der Waals surface area contributed by atoms with Gasteiger partial charge in [-0.1, -0.05) is 12.1 Å². The van der Waals surface area contributed by atoms with Crippen LogP contribution >= 0.6 is 0 Å². The van der Waals surface area contributed by atoms with Crippen LogP contribution < -0.4 is 11.1 Å². The zero-order chi connectivity index (χ0) is 10.7. The van der Waals surface area contributed by atoms with Crippen molar-refractivity contribution in [1.82, 2.24) is 4.98 Å². The molecule has 0 radical (unpaired) electrons. The molecule has 0 saturated heterocycles. The van der Waals surface area contributed by atoms with Crippen LogP contribution in [0.25, 0.3) is 10.9 Å². The molecule has 0 aliphatic heterocycles. The molecule has 0 saturated carbocycles. The molecule has 0 bridgehead atoms. The van der Waals surface area contributed by atoms with Gasteiger partial charge in [-0.2, -0.15) is 0 Å². The van der Waals surface area contributed by atoms with Gasteiger partial charge < -0.3 is 16.2 Å². The van der Waals surface area contributed by atoms with Crippen molar-refractivity contribution in [2.45, 2.75) is 0 Å². The topological polar surface area (TPSA) is 71.2 Å². The molecule has 1 aromatic heterocycles. The molecule has 78 valence electrons. The SMILES string of the molecule is Nc1cccc2c(NCCO)ccnc12. The summed E-state index contributed by atoms with van der Waals surface area (Å²) in [6.07, 6.45) is 1.71. The lowest BCUT2D eigenvalue weighted by Gasteiger charge is -2.08. The minimum atomic E-state index is 0.103. The van der Waals surface area contributed by atoms with Crippen molar-refractivity contribution in [2.75, 3.05) is 24.2 Å². The maximum Gasteiger partial charge on any atom is 0.0951 e. The van der Waals surface area contributed by atoms with Crippen LogP contribution in [0.2, 0.25) is 0 Å². The second-order valence-electron chi connectivity index (χ2n) is 3.25. The van der Waals surface area contributed by atoms with Crippen molar-refractivity contribution in [3.63, 3.8) is 0 Å². The molecule has 0 spiro atoms. The number of nitrogens with zero attached hydrogens (tertiary/aromatic N) is 1. The highest BCUT2D eigenvalue weighted by atomic mass is 16.3. The fraction of sp³-hybridized carbons (Fsp3) is 0.182. The van der Waals surface area contributed by atoms with Crippen LogP contribution in [0.5, 0.6) is 0 Å². The van der Waals surface area contributed by atoms with E-state index in [-0.39, 0.29) is 6.61 Å². The molecule has 0 atom stereocenters. The minimum Gasteiger partial charge on any atom is -0.397 e. The molecule has 0 fully saturated rings. The van der Waals surface area contributed by atoms with Crippen molar-refractivity contribution in [3.8, 4) is 0 Å². The number of rotatable bonds is 3. The summed E-state index contributed by atoms with van der Waals surface area (Å²) in [4.78, 5) is 4.22. The van der Waals surface area contributed by atoms with E-state index >= 15 is 0 Å². The zero-order valence-electron chi connectivity index (χ0n) is 8.27. The Labute approximate surface area is 87.7 Å². The van der Waals surface area contributed by atoms with Crippen LogP contribution in [-0.2, 0) is 0 Å². The molecule has 0 aliphatic carbocycles. The minimum absolute atomic E-state index is 0.103. The first kappa shape index (κ1) is 9.73. The van der Waals surface area contributed by atoms with E-state index in [1.165, 1.54) is 0 Å². The number of nitrogen functional groups attached to an aromatic ring is 1. The highest BCUT2D eigenvalue weighted by Crippen LogP contribution is 2.24. The van der Waals surface area contributed by atoms with E-state index in [0.29, 0.717) is 12.2 Å². The van der Waals surface area contributed by atoms with Crippen LogP contribution in [-0.4, -0.2) is 23.2 Å². The van der Waals surface area contributed by atoms with E-state index < -0.39 is 0 Å². The van der Waals surface area contributed by atoms with Crippen LogP contribution in [0, 0.1) is 0 Å². The highest BCUT2D eigenvalue weighted by Gasteiger charge is 2.02. The maximum atomic E-state index is 8.75. The van der Waals surface area contributed by atoms with Gasteiger partial charge in [-0.3, -0.25) is 4.98 Å². The molecule has 1 aromatic carbocycles. The lowest BCUT2D eigenvalue weighted by atomic mass is 10.1. The Hall–Kier alpha value is -1.81. The van der Waals surface area contributed by atoms with Gasteiger partial charge in [0.05, 0.1) is 17.8 Å². The number of aromatic nitrogens is 1. The van der Waals surface area contributed by atoms with Gasteiger partial charge in [-0.05, 0) is 12.1 Å². The highest BCUT2D eigenvalue weighted by molar-refractivity contribution is 5.97. The Balaban J connectivity index is 2.51. The largest absolute Gasteiger partial charge is 0.397 e. The third-order valence-electron chi connectivity index (χ3n) is 2.23. The average molecular weight is 203 g/mol. The Morgan fingerprint density at radius 3 is 3.00 bits per heavy atom. The number of nitrogens with one attached hydrogen (secondary N) is 1. The lowest BCUT2D eigenvalue weighted by molar-refractivity contribution is 0.311. The lowest BCUT2D eigenvalue weighted by Crippen LogP contribution is -2.06. The molecule has 0 aliphatic rings. The van der Waals surface area contributed by atoms with Crippen molar-refractivity contribution in [1.29, 1.82) is 0 Å². The first-order valence-electron chi connectivity index (χ1n) is 4.81. The number of pyridine rings is 1. The van der Waals surface area contributed by atoms with Crippen molar-refractivity contribution < 1.29 is 5.11 Å². The molecular formula is C11H13N3O. The molecule has 4 nitrogen and oxygen atoms in total. The summed E-state index contributed by atoms with van der Waals surface area (Å²) in [5.41, 5.74) is 8.22. The molecule has 4 N–H and O–H groups in total. The number of benzene rings is 1. The normalized spacial score (nSPS) is 10.5. The Kier molecular flexibility index (Phi) is 2.69. The van der Waals surface area contributed by atoms with E-state index in [9.17, 15) is 0 Å². The molecule has 1 heterocycles. The predicted molar refractivity (Wildman–Crippen MR) is 61.7 cm³/mol. The fourth-order valence-electron chi connectivity index (χ4n) is 1.54. The molecular weight excluding hydrogens is 190 g/mol. The number of aliphatic hydroxyl groups excluding tert-OH is 1. The number of fused-ring (bicyclic) bond motifs is 1. The third-order valence-corrected chi connectivity index (χ3v) is 2.23. The van der Waals surface area contributed by atoms with Gasteiger partial charge in [0.2, 0.25) is 0 Å². The molecule has 2 rings (SSSR count). The Morgan fingerprint density at radius 1 is 1.33 bits per heavy atom.